The molecule has 0 aromatic rings. The average molecular weight is 883 g/mol. The number of unbranched alkanes of at least 4 members (excludes halogenated alkanes) is 33. The van der Waals surface area contributed by atoms with Crippen LogP contribution in [-0.2, 0) is 18.4 Å². The number of allylic oxidation sites excluding steroid dienone is 3. The second kappa shape index (κ2) is 44.2. The molecule has 0 aliphatic rings. The van der Waals surface area contributed by atoms with Crippen LogP contribution in [0.3, 0.4) is 0 Å². The first-order valence-electron chi connectivity index (χ1n) is 26.2. The fourth-order valence-electron chi connectivity index (χ4n) is 7.76. The molecule has 3 atom stereocenters. The van der Waals surface area contributed by atoms with E-state index in [1.165, 1.54) is 193 Å². The van der Waals surface area contributed by atoms with Crippen LogP contribution in [-0.4, -0.2) is 68.5 Å². The standard InChI is InChI=1S/C52H103N2O6P/c1-6-8-10-12-14-16-18-20-22-23-24-25-26-27-28-29-30-32-33-35-37-39-41-43-45-51(55)50(49-60-61(57,58)59-48-47-54(3,4)5)53-52(56)46-44-42-40-38-36-34-31-21-19-17-15-13-11-9-7-2/h35,37,43,45,50-51,55H,6-34,36,38-42,44,46-49H2,1-5H3,(H-,53,56,57,58)/b37-35+,45-43+. The van der Waals surface area contributed by atoms with Crippen LogP contribution >= 0.6 is 7.82 Å². The second-order valence-corrected chi connectivity index (χ2v) is 20.6. The van der Waals surface area contributed by atoms with Crippen molar-refractivity contribution >= 4 is 13.7 Å². The lowest BCUT2D eigenvalue weighted by Gasteiger charge is -2.29. The molecule has 0 spiro atoms. The summed E-state index contributed by atoms with van der Waals surface area (Å²) in [6.07, 6.45) is 53.9. The molecule has 0 saturated heterocycles. The van der Waals surface area contributed by atoms with Crippen molar-refractivity contribution in [2.75, 3.05) is 40.9 Å². The van der Waals surface area contributed by atoms with E-state index in [-0.39, 0.29) is 19.1 Å². The van der Waals surface area contributed by atoms with E-state index in [9.17, 15) is 19.4 Å². The van der Waals surface area contributed by atoms with Gasteiger partial charge in [0.05, 0.1) is 39.9 Å². The summed E-state index contributed by atoms with van der Waals surface area (Å²) in [7, 11) is 1.25. The Morgan fingerprint density at radius 1 is 0.557 bits per heavy atom. The highest BCUT2D eigenvalue weighted by molar-refractivity contribution is 7.45. The van der Waals surface area contributed by atoms with Crippen LogP contribution in [0.1, 0.15) is 251 Å². The highest BCUT2D eigenvalue weighted by Crippen LogP contribution is 2.38. The van der Waals surface area contributed by atoms with E-state index in [0.29, 0.717) is 17.4 Å². The first-order valence-corrected chi connectivity index (χ1v) is 27.7. The second-order valence-electron chi connectivity index (χ2n) is 19.2. The van der Waals surface area contributed by atoms with Crippen LogP contribution in [0.5, 0.6) is 0 Å². The number of rotatable bonds is 48. The van der Waals surface area contributed by atoms with Gasteiger partial charge in [-0.3, -0.25) is 9.36 Å². The maximum Gasteiger partial charge on any atom is 0.268 e. The highest BCUT2D eigenvalue weighted by Gasteiger charge is 2.23. The summed E-state index contributed by atoms with van der Waals surface area (Å²) >= 11 is 0. The third kappa shape index (κ3) is 46.8. The third-order valence-electron chi connectivity index (χ3n) is 11.9. The van der Waals surface area contributed by atoms with Crippen molar-refractivity contribution in [3.05, 3.63) is 24.3 Å². The molecule has 61 heavy (non-hydrogen) atoms. The lowest BCUT2D eigenvalue weighted by molar-refractivity contribution is -0.870. The normalized spacial score (nSPS) is 14.3. The van der Waals surface area contributed by atoms with Gasteiger partial charge >= 0.3 is 0 Å². The van der Waals surface area contributed by atoms with E-state index in [2.05, 4.69) is 31.3 Å². The Labute approximate surface area is 379 Å². The molecule has 0 bridgehead atoms. The zero-order valence-electron chi connectivity index (χ0n) is 41.1. The zero-order valence-corrected chi connectivity index (χ0v) is 42.0. The molecule has 9 heteroatoms. The van der Waals surface area contributed by atoms with Crippen molar-refractivity contribution in [2.24, 2.45) is 0 Å². The van der Waals surface area contributed by atoms with Crippen LogP contribution in [0.15, 0.2) is 24.3 Å². The molecule has 362 valence electrons. The minimum atomic E-state index is -4.60. The van der Waals surface area contributed by atoms with Gasteiger partial charge in [-0.05, 0) is 32.1 Å². The number of nitrogens with one attached hydrogen (secondary N) is 1. The number of hydrogen-bond acceptors (Lipinski definition) is 6. The number of nitrogens with zero attached hydrogens (tertiary/aromatic N) is 1. The van der Waals surface area contributed by atoms with Crippen molar-refractivity contribution in [3.63, 3.8) is 0 Å². The molecule has 1 amide bonds. The Kier molecular flexibility index (Phi) is 43.5. The van der Waals surface area contributed by atoms with Gasteiger partial charge in [-0.1, -0.05) is 237 Å². The topological polar surface area (TPSA) is 108 Å². The largest absolute Gasteiger partial charge is 0.756 e. The molecule has 0 heterocycles. The molecule has 2 N–H and O–H groups in total. The van der Waals surface area contributed by atoms with Gasteiger partial charge < -0.3 is 28.8 Å². The van der Waals surface area contributed by atoms with E-state index < -0.39 is 20.0 Å². The van der Waals surface area contributed by atoms with Crippen molar-refractivity contribution < 1.29 is 32.9 Å². The number of carbonyl (C=O) groups is 1. The summed E-state index contributed by atoms with van der Waals surface area (Å²) in [5.41, 5.74) is 0. The van der Waals surface area contributed by atoms with Crippen LogP contribution in [0, 0.1) is 0 Å². The van der Waals surface area contributed by atoms with Gasteiger partial charge in [-0.15, -0.1) is 0 Å². The summed E-state index contributed by atoms with van der Waals surface area (Å²) in [5.74, 6) is -0.204. The minimum Gasteiger partial charge on any atom is -0.756 e. The molecule has 8 nitrogen and oxygen atoms in total. The number of phosphoric ester groups is 1. The van der Waals surface area contributed by atoms with E-state index in [1.807, 2.05) is 27.2 Å². The lowest BCUT2D eigenvalue weighted by Crippen LogP contribution is -2.45. The molecule has 0 fully saturated rings. The summed E-state index contributed by atoms with van der Waals surface area (Å²) < 4.78 is 23.3. The SMILES string of the molecule is CCCCCCCCCCCCCCCCCCCC/C=C/CC/C=C/C(O)C(COP(=O)([O-])OCC[N+](C)(C)C)NC(=O)CCCCCCCCCCCCCCCCC. The number of quaternary nitrogens is 1. The summed E-state index contributed by atoms with van der Waals surface area (Å²) in [5, 5.41) is 13.8. The number of aliphatic hydroxyl groups excluding tert-OH is 1. The number of hydrogen-bond donors (Lipinski definition) is 2. The predicted molar refractivity (Wildman–Crippen MR) is 261 cm³/mol. The van der Waals surface area contributed by atoms with Crippen molar-refractivity contribution in [1.29, 1.82) is 0 Å². The minimum absolute atomic E-state index is 0.00396. The van der Waals surface area contributed by atoms with Crippen LogP contribution < -0.4 is 10.2 Å². The third-order valence-corrected chi connectivity index (χ3v) is 12.9. The predicted octanol–water partition coefficient (Wildman–Crippen LogP) is 14.6. The first-order chi connectivity index (χ1) is 29.5. The molecule has 0 aliphatic carbocycles. The summed E-state index contributed by atoms with van der Waals surface area (Å²) in [4.78, 5) is 25.4. The van der Waals surface area contributed by atoms with Crippen molar-refractivity contribution in [3.8, 4) is 0 Å². The van der Waals surface area contributed by atoms with Gasteiger partial charge in [0.1, 0.15) is 13.2 Å². The Hall–Kier alpha value is -1.02. The van der Waals surface area contributed by atoms with E-state index >= 15 is 0 Å². The lowest BCUT2D eigenvalue weighted by atomic mass is 10.0. The number of carbonyl (C=O) groups excluding carboxylic acids is 1. The van der Waals surface area contributed by atoms with Gasteiger partial charge in [0.15, 0.2) is 0 Å². The van der Waals surface area contributed by atoms with Crippen LogP contribution in [0.2, 0.25) is 0 Å². The Morgan fingerprint density at radius 3 is 1.33 bits per heavy atom. The molecule has 0 aromatic carbocycles. The van der Waals surface area contributed by atoms with Gasteiger partial charge in [0.25, 0.3) is 7.82 Å². The van der Waals surface area contributed by atoms with Crippen LogP contribution in [0.25, 0.3) is 0 Å². The number of aliphatic hydroxyl groups is 1. The van der Waals surface area contributed by atoms with Gasteiger partial charge in [-0.25, -0.2) is 0 Å². The van der Waals surface area contributed by atoms with Crippen molar-refractivity contribution in [1.82, 2.24) is 5.32 Å². The first kappa shape index (κ1) is 60.0. The Balaban J connectivity index is 4.29. The van der Waals surface area contributed by atoms with E-state index in [0.717, 1.165) is 38.5 Å². The smallest absolute Gasteiger partial charge is 0.268 e. The number of likely N-dealkylation sites (N-methyl/N-ethyl adjacent to an activating group) is 1. The Bertz CT molecular complexity index is 1050. The molecule has 0 saturated carbocycles. The highest BCUT2D eigenvalue weighted by atomic mass is 31.2. The molecule has 0 rings (SSSR count). The average Bonchev–Trinajstić information content (AvgIpc) is 3.21. The molecule has 0 radical (unpaired) electrons. The molecule has 0 aromatic heterocycles. The maximum atomic E-state index is 12.9. The van der Waals surface area contributed by atoms with E-state index in [4.69, 9.17) is 9.05 Å². The zero-order chi connectivity index (χ0) is 45.0. The molecular weight excluding hydrogens is 780 g/mol. The van der Waals surface area contributed by atoms with Gasteiger partial charge in [-0.2, -0.15) is 0 Å². The quantitative estimate of drug-likeness (QED) is 0.0273. The van der Waals surface area contributed by atoms with Crippen molar-refractivity contribution in [2.45, 2.75) is 264 Å². The number of phosphoric acid groups is 1. The van der Waals surface area contributed by atoms with Crippen LogP contribution in [0.4, 0.5) is 0 Å². The monoisotopic (exact) mass is 883 g/mol. The molecular formula is C52H103N2O6P. The summed E-state index contributed by atoms with van der Waals surface area (Å²) in [6, 6.07) is -0.899. The summed E-state index contributed by atoms with van der Waals surface area (Å²) in [6.45, 7) is 4.66. The fraction of sp³-hybridized carbons (Fsp3) is 0.904. The fourth-order valence-corrected chi connectivity index (χ4v) is 8.48. The number of amides is 1. The van der Waals surface area contributed by atoms with Gasteiger partial charge in [0, 0.05) is 6.42 Å². The van der Waals surface area contributed by atoms with Gasteiger partial charge in [0.2, 0.25) is 5.91 Å². The Morgan fingerprint density at radius 2 is 0.918 bits per heavy atom. The molecule has 3 unspecified atom stereocenters. The molecule has 0 aliphatic heterocycles. The van der Waals surface area contributed by atoms with E-state index in [1.54, 1.807) is 6.08 Å². The maximum absolute atomic E-state index is 12.9.